The van der Waals surface area contributed by atoms with Gasteiger partial charge in [0.1, 0.15) is 5.78 Å². The Balaban J connectivity index is 2.48. The molecule has 0 aliphatic heterocycles. The third kappa shape index (κ3) is 1.59. The Bertz CT molecular complexity index is 194. The maximum atomic E-state index is 11.0. The van der Waals surface area contributed by atoms with Gasteiger partial charge in [0.05, 0.1) is 0 Å². The highest BCUT2D eigenvalue weighted by atomic mass is 16.2. The standard InChI is InChI=1S/C8H13NO2/c1-6(10)8(3-4-8)5-7(11)9-2/h3-5H2,1-2H3,(H,9,11). The van der Waals surface area contributed by atoms with Crippen LogP contribution in [-0.4, -0.2) is 18.7 Å². The summed E-state index contributed by atoms with van der Waals surface area (Å²) in [6, 6.07) is 0. The highest BCUT2D eigenvalue weighted by Gasteiger charge is 2.48. The summed E-state index contributed by atoms with van der Waals surface area (Å²) in [6.07, 6.45) is 2.14. The van der Waals surface area contributed by atoms with Crippen LogP contribution in [0.3, 0.4) is 0 Å². The van der Waals surface area contributed by atoms with Crippen molar-refractivity contribution in [1.29, 1.82) is 0 Å². The van der Waals surface area contributed by atoms with Crippen molar-refractivity contribution in [2.24, 2.45) is 5.41 Å². The van der Waals surface area contributed by atoms with Crippen molar-refractivity contribution in [2.75, 3.05) is 7.05 Å². The van der Waals surface area contributed by atoms with Gasteiger partial charge in [-0.2, -0.15) is 0 Å². The molecule has 0 aromatic heterocycles. The molecular weight excluding hydrogens is 142 g/mol. The van der Waals surface area contributed by atoms with E-state index < -0.39 is 0 Å². The monoisotopic (exact) mass is 155 g/mol. The molecule has 1 aliphatic carbocycles. The largest absolute Gasteiger partial charge is 0.359 e. The fraction of sp³-hybridized carbons (Fsp3) is 0.750. The number of carbonyl (C=O) groups excluding carboxylic acids is 2. The molecule has 0 bridgehead atoms. The maximum absolute atomic E-state index is 11.0. The summed E-state index contributed by atoms with van der Waals surface area (Å²) in [5.41, 5.74) is -0.278. The molecular formula is C8H13NO2. The van der Waals surface area contributed by atoms with Crippen molar-refractivity contribution in [3.63, 3.8) is 0 Å². The minimum absolute atomic E-state index is 0.0299. The van der Waals surface area contributed by atoms with Crippen LogP contribution in [0.1, 0.15) is 26.2 Å². The van der Waals surface area contributed by atoms with E-state index in [9.17, 15) is 9.59 Å². The summed E-state index contributed by atoms with van der Waals surface area (Å²) in [6.45, 7) is 1.57. The lowest BCUT2D eigenvalue weighted by molar-refractivity contribution is -0.128. The molecule has 11 heavy (non-hydrogen) atoms. The second-order valence-electron chi connectivity index (χ2n) is 3.19. The normalized spacial score (nSPS) is 19.1. The van der Waals surface area contributed by atoms with Crippen molar-refractivity contribution >= 4 is 11.7 Å². The Hall–Kier alpha value is -0.860. The lowest BCUT2D eigenvalue weighted by atomic mass is 9.98. The van der Waals surface area contributed by atoms with Gasteiger partial charge in [-0.05, 0) is 19.8 Å². The van der Waals surface area contributed by atoms with Crippen LogP contribution in [0.25, 0.3) is 0 Å². The summed E-state index contributed by atoms with van der Waals surface area (Å²) in [5.74, 6) is 0.124. The molecule has 3 nitrogen and oxygen atoms in total. The number of ketones is 1. The molecule has 0 saturated heterocycles. The van der Waals surface area contributed by atoms with E-state index in [4.69, 9.17) is 0 Å². The van der Waals surface area contributed by atoms with Crippen molar-refractivity contribution in [1.82, 2.24) is 5.32 Å². The number of carbonyl (C=O) groups is 2. The molecule has 1 N–H and O–H groups in total. The summed E-state index contributed by atoms with van der Waals surface area (Å²) in [5, 5.41) is 2.52. The van der Waals surface area contributed by atoms with Gasteiger partial charge in [0.25, 0.3) is 0 Å². The van der Waals surface area contributed by atoms with Gasteiger partial charge < -0.3 is 5.32 Å². The first-order chi connectivity index (χ1) is 5.10. The molecule has 0 spiro atoms. The number of hydrogen-bond donors (Lipinski definition) is 1. The number of Topliss-reactive ketones (excluding diaryl/α,β-unsaturated/α-hetero) is 1. The van der Waals surface area contributed by atoms with E-state index in [2.05, 4.69) is 5.32 Å². The second kappa shape index (κ2) is 2.64. The molecule has 0 aromatic carbocycles. The van der Waals surface area contributed by atoms with Gasteiger partial charge in [-0.15, -0.1) is 0 Å². The molecule has 62 valence electrons. The van der Waals surface area contributed by atoms with Crippen LogP contribution in [0.5, 0.6) is 0 Å². The quantitative estimate of drug-likeness (QED) is 0.644. The average molecular weight is 155 g/mol. The smallest absolute Gasteiger partial charge is 0.220 e. The fourth-order valence-electron chi connectivity index (χ4n) is 1.20. The molecule has 0 radical (unpaired) electrons. The first kappa shape index (κ1) is 8.24. The summed E-state index contributed by atoms with van der Waals surface area (Å²) < 4.78 is 0. The van der Waals surface area contributed by atoms with E-state index in [0.29, 0.717) is 6.42 Å². The highest BCUT2D eigenvalue weighted by molar-refractivity contribution is 5.90. The second-order valence-corrected chi connectivity index (χ2v) is 3.19. The molecule has 0 aromatic rings. The SMILES string of the molecule is CNC(=O)CC1(C(C)=O)CC1. The average Bonchev–Trinajstić information content (AvgIpc) is 2.69. The van der Waals surface area contributed by atoms with Crippen molar-refractivity contribution in [3.05, 3.63) is 0 Å². The van der Waals surface area contributed by atoms with Crippen LogP contribution in [0.4, 0.5) is 0 Å². The van der Waals surface area contributed by atoms with Gasteiger partial charge >= 0.3 is 0 Å². The van der Waals surface area contributed by atoms with Crippen molar-refractivity contribution < 1.29 is 9.59 Å². The first-order valence-corrected chi connectivity index (χ1v) is 3.82. The van der Waals surface area contributed by atoms with Crippen molar-refractivity contribution in [2.45, 2.75) is 26.2 Å². The summed E-state index contributed by atoms with van der Waals surface area (Å²) in [4.78, 5) is 21.9. The zero-order valence-electron chi connectivity index (χ0n) is 6.94. The maximum Gasteiger partial charge on any atom is 0.220 e. The third-order valence-electron chi connectivity index (χ3n) is 2.38. The van der Waals surface area contributed by atoms with E-state index in [-0.39, 0.29) is 17.1 Å². The molecule has 3 heteroatoms. The minimum Gasteiger partial charge on any atom is -0.359 e. The lowest BCUT2D eigenvalue weighted by Gasteiger charge is -2.08. The van der Waals surface area contributed by atoms with E-state index in [1.807, 2.05) is 0 Å². The number of nitrogens with one attached hydrogen (secondary N) is 1. The molecule has 1 aliphatic rings. The van der Waals surface area contributed by atoms with Crippen LogP contribution in [-0.2, 0) is 9.59 Å². The van der Waals surface area contributed by atoms with Gasteiger partial charge in [0.2, 0.25) is 5.91 Å². The molecule has 0 heterocycles. The number of hydrogen-bond acceptors (Lipinski definition) is 2. The molecule has 1 amide bonds. The minimum atomic E-state index is -0.278. The zero-order chi connectivity index (χ0) is 8.48. The van der Waals surface area contributed by atoms with Gasteiger partial charge in [-0.1, -0.05) is 0 Å². The van der Waals surface area contributed by atoms with Crippen LogP contribution < -0.4 is 5.32 Å². The first-order valence-electron chi connectivity index (χ1n) is 3.82. The van der Waals surface area contributed by atoms with Gasteiger partial charge in [0.15, 0.2) is 0 Å². The molecule has 1 saturated carbocycles. The molecule has 1 fully saturated rings. The molecule has 1 rings (SSSR count). The lowest BCUT2D eigenvalue weighted by Crippen LogP contribution is -2.25. The Morgan fingerprint density at radius 3 is 2.27 bits per heavy atom. The van der Waals surface area contributed by atoms with E-state index >= 15 is 0 Å². The topological polar surface area (TPSA) is 46.2 Å². The summed E-state index contributed by atoms with van der Waals surface area (Å²) in [7, 11) is 1.60. The Morgan fingerprint density at radius 2 is 2.00 bits per heavy atom. The highest BCUT2D eigenvalue weighted by Crippen LogP contribution is 2.49. The molecule has 0 atom stereocenters. The number of amides is 1. The Morgan fingerprint density at radius 1 is 1.45 bits per heavy atom. The number of rotatable bonds is 3. The van der Waals surface area contributed by atoms with Crippen molar-refractivity contribution in [3.8, 4) is 0 Å². The van der Waals surface area contributed by atoms with Crippen LogP contribution in [0, 0.1) is 5.41 Å². The Labute approximate surface area is 66.2 Å². The third-order valence-corrected chi connectivity index (χ3v) is 2.38. The van der Waals surface area contributed by atoms with Crippen LogP contribution >= 0.6 is 0 Å². The Kier molecular flexibility index (Phi) is 1.98. The fourth-order valence-corrected chi connectivity index (χ4v) is 1.20. The van der Waals surface area contributed by atoms with Gasteiger partial charge in [-0.25, -0.2) is 0 Å². The predicted octanol–water partition coefficient (Wildman–Crippen LogP) is 0.492. The van der Waals surface area contributed by atoms with E-state index in [1.54, 1.807) is 14.0 Å². The van der Waals surface area contributed by atoms with Crippen LogP contribution in [0.15, 0.2) is 0 Å². The van der Waals surface area contributed by atoms with Crippen LogP contribution in [0.2, 0.25) is 0 Å². The molecule has 0 unspecified atom stereocenters. The zero-order valence-corrected chi connectivity index (χ0v) is 6.94. The van der Waals surface area contributed by atoms with E-state index in [0.717, 1.165) is 12.8 Å². The van der Waals surface area contributed by atoms with Gasteiger partial charge in [-0.3, -0.25) is 9.59 Å². The predicted molar refractivity (Wildman–Crippen MR) is 41.0 cm³/mol. The van der Waals surface area contributed by atoms with E-state index in [1.165, 1.54) is 0 Å². The summed E-state index contributed by atoms with van der Waals surface area (Å²) >= 11 is 0. The van der Waals surface area contributed by atoms with Gasteiger partial charge in [0, 0.05) is 18.9 Å².